The third kappa shape index (κ3) is 2.38. The van der Waals surface area contributed by atoms with Gasteiger partial charge in [0.2, 0.25) is 0 Å². The largest absolute Gasteiger partial charge is 0.353 e. The van der Waals surface area contributed by atoms with Gasteiger partial charge in [-0.05, 0) is 38.3 Å². The lowest BCUT2D eigenvalue weighted by Crippen LogP contribution is -2.20. The summed E-state index contributed by atoms with van der Waals surface area (Å²) in [7, 11) is 2.00. The van der Waals surface area contributed by atoms with E-state index in [1.165, 1.54) is 12.8 Å². The lowest BCUT2D eigenvalue weighted by molar-refractivity contribution is 0.730. The molecular formula is C18H22N6. The van der Waals surface area contributed by atoms with Crippen molar-refractivity contribution < 1.29 is 0 Å². The molecule has 0 N–H and O–H groups in total. The average Bonchev–Trinajstić information content (AvgIpc) is 3.30. The molecular weight excluding hydrogens is 300 g/mol. The quantitative estimate of drug-likeness (QED) is 0.744. The van der Waals surface area contributed by atoms with Gasteiger partial charge in [0.15, 0.2) is 11.6 Å². The first-order chi connectivity index (χ1) is 11.6. The Labute approximate surface area is 141 Å². The minimum atomic E-state index is 0.853. The Morgan fingerprint density at radius 3 is 2.54 bits per heavy atom. The first-order valence-electron chi connectivity index (χ1n) is 8.40. The molecule has 0 spiro atoms. The molecule has 0 saturated carbocycles. The van der Waals surface area contributed by atoms with E-state index < -0.39 is 0 Å². The Bertz CT molecular complexity index is 852. The van der Waals surface area contributed by atoms with Gasteiger partial charge in [-0.25, -0.2) is 4.98 Å². The van der Waals surface area contributed by atoms with Crippen LogP contribution in [-0.4, -0.2) is 37.4 Å². The standard InChI is InChI=1S/C18H22N6/c1-13-6-7-15(20-12-13)17-19-8-11-24(17)16-14(2)22(3)21-18(16)23-9-4-5-10-23/h6-8,11-12H,4-5,9-10H2,1-3H3. The van der Waals surface area contributed by atoms with Crippen LogP contribution < -0.4 is 4.90 Å². The molecule has 4 rings (SSSR count). The van der Waals surface area contributed by atoms with Gasteiger partial charge in [-0.1, -0.05) is 6.07 Å². The minimum absolute atomic E-state index is 0.853. The molecule has 6 nitrogen and oxygen atoms in total. The maximum Gasteiger partial charge on any atom is 0.175 e. The van der Waals surface area contributed by atoms with Crippen molar-refractivity contribution in [3.8, 4) is 17.2 Å². The predicted octanol–water partition coefficient (Wildman–Crippen LogP) is 2.88. The van der Waals surface area contributed by atoms with Gasteiger partial charge in [0.1, 0.15) is 11.4 Å². The second kappa shape index (κ2) is 5.78. The summed E-state index contributed by atoms with van der Waals surface area (Å²) >= 11 is 0. The fourth-order valence-corrected chi connectivity index (χ4v) is 3.28. The molecule has 1 fully saturated rings. The van der Waals surface area contributed by atoms with Crippen LogP contribution in [0.25, 0.3) is 17.2 Å². The molecule has 3 aromatic rings. The molecule has 0 atom stereocenters. The molecule has 3 aromatic heterocycles. The van der Waals surface area contributed by atoms with E-state index in [9.17, 15) is 0 Å². The van der Waals surface area contributed by atoms with Gasteiger partial charge in [0.05, 0.1) is 5.69 Å². The van der Waals surface area contributed by atoms with Gasteiger partial charge in [-0.3, -0.25) is 14.2 Å². The van der Waals surface area contributed by atoms with Crippen molar-refractivity contribution >= 4 is 5.82 Å². The number of rotatable bonds is 3. The second-order valence-electron chi connectivity index (χ2n) is 6.42. The van der Waals surface area contributed by atoms with Crippen molar-refractivity contribution in [2.75, 3.05) is 18.0 Å². The molecule has 0 bridgehead atoms. The molecule has 0 unspecified atom stereocenters. The van der Waals surface area contributed by atoms with Crippen LogP contribution in [0.1, 0.15) is 24.1 Å². The third-order valence-corrected chi connectivity index (χ3v) is 4.71. The van der Waals surface area contributed by atoms with Crippen LogP contribution in [0.4, 0.5) is 5.82 Å². The zero-order chi connectivity index (χ0) is 16.7. The fourth-order valence-electron chi connectivity index (χ4n) is 3.28. The molecule has 1 aliphatic rings. The van der Waals surface area contributed by atoms with Crippen LogP contribution >= 0.6 is 0 Å². The molecule has 0 radical (unpaired) electrons. The van der Waals surface area contributed by atoms with Crippen LogP contribution in [0.3, 0.4) is 0 Å². The van der Waals surface area contributed by atoms with Crippen molar-refractivity contribution in [1.82, 2.24) is 24.3 Å². The number of hydrogen-bond acceptors (Lipinski definition) is 4. The first kappa shape index (κ1) is 14.9. The van der Waals surface area contributed by atoms with Crippen molar-refractivity contribution in [3.63, 3.8) is 0 Å². The summed E-state index contributed by atoms with van der Waals surface area (Å²) in [6, 6.07) is 4.09. The number of imidazole rings is 1. The molecule has 0 amide bonds. The Morgan fingerprint density at radius 2 is 1.83 bits per heavy atom. The highest BCUT2D eigenvalue weighted by Crippen LogP contribution is 2.31. The lowest BCUT2D eigenvalue weighted by atomic mass is 10.2. The number of aromatic nitrogens is 5. The minimum Gasteiger partial charge on any atom is -0.353 e. The number of aryl methyl sites for hydroxylation is 2. The third-order valence-electron chi connectivity index (χ3n) is 4.71. The van der Waals surface area contributed by atoms with Gasteiger partial charge in [0.25, 0.3) is 0 Å². The lowest BCUT2D eigenvalue weighted by Gasteiger charge is -2.17. The van der Waals surface area contributed by atoms with Crippen molar-refractivity contribution in [1.29, 1.82) is 0 Å². The van der Waals surface area contributed by atoms with Gasteiger partial charge in [0, 0.05) is 38.7 Å². The fraction of sp³-hybridized carbons (Fsp3) is 0.389. The summed E-state index contributed by atoms with van der Waals surface area (Å²) in [5.41, 5.74) is 4.26. The van der Waals surface area contributed by atoms with E-state index in [1.54, 1.807) is 0 Å². The first-order valence-corrected chi connectivity index (χ1v) is 8.40. The number of hydrogen-bond donors (Lipinski definition) is 0. The Morgan fingerprint density at radius 1 is 1.04 bits per heavy atom. The van der Waals surface area contributed by atoms with E-state index in [-0.39, 0.29) is 0 Å². The smallest absolute Gasteiger partial charge is 0.175 e. The summed E-state index contributed by atoms with van der Waals surface area (Å²) in [5.74, 6) is 1.89. The highest BCUT2D eigenvalue weighted by Gasteiger charge is 2.24. The normalized spacial score (nSPS) is 14.5. The van der Waals surface area contributed by atoms with Gasteiger partial charge in [-0.15, -0.1) is 0 Å². The second-order valence-corrected chi connectivity index (χ2v) is 6.42. The summed E-state index contributed by atoms with van der Waals surface area (Å²) in [6.07, 6.45) is 8.17. The maximum atomic E-state index is 4.77. The number of pyridine rings is 1. The Kier molecular flexibility index (Phi) is 3.59. The average molecular weight is 322 g/mol. The van der Waals surface area contributed by atoms with Crippen LogP contribution in [0.2, 0.25) is 0 Å². The van der Waals surface area contributed by atoms with E-state index >= 15 is 0 Å². The molecule has 24 heavy (non-hydrogen) atoms. The van der Waals surface area contributed by atoms with Gasteiger partial charge in [-0.2, -0.15) is 5.10 Å². The summed E-state index contributed by atoms with van der Waals surface area (Å²) < 4.78 is 4.07. The van der Waals surface area contributed by atoms with Gasteiger partial charge < -0.3 is 4.90 Å². The van der Waals surface area contributed by atoms with Crippen LogP contribution in [0, 0.1) is 13.8 Å². The van der Waals surface area contributed by atoms with Crippen LogP contribution in [0.5, 0.6) is 0 Å². The van der Waals surface area contributed by atoms with Crippen molar-refractivity contribution in [3.05, 3.63) is 42.0 Å². The van der Waals surface area contributed by atoms with E-state index in [0.29, 0.717) is 0 Å². The van der Waals surface area contributed by atoms with Crippen molar-refractivity contribution in [2.24, 2.45) is 7.05 Å². The molecule has 124 valence electrons. The Balaban J connectivity index is 1.86. The zero-order valence-corrected chi connectivity index (χ0v) is 14.4. The predicted molar refractivity (Wildman–Crippen MR) is 94.5 cm³/mol. The molecule has 0 aromatic carbocycles. The molecule has 1 aliphatic heterocycles. The van der Waals surface area contributed by atoms with Crippen molar-refractivity contribution in [2.45, 2.75) is 26.7 Å². The zero-order valence-electron chi connectivity index (χ0n) is 14.4. The molecule has 4 heterocycles. The SMILES string of the molecule is Cc1ccc(-c2nccn2-c2c(N3CCCC3)nn(C)c2C)nc1. The highest BCUT2D eigenvalue weighted by atomic mass is 15.4. The van der Waals surface area contributed by atoms with E-state index in [0.717, 1.165) is 47.4 Å². The Hall–Kier alpha value is -2.63. The van der Waals surface area contributed by atoms with Gasteiger partial charge >= 0.3 is 0 Å². The topological polar surface area (TPSA) is 51.8 Å². The monoisotopic (exact) mass is 322 g/mol. The van der Waals surface area contributed by atoms with E-state index in [2.05, 4.69) is 32.4 Å². The molecule has 0 aliphatic carbocycles. The maximum absolute atomic E-state index is 4.77. The molecule has 6 heteroatoms. The summed E-state index contributed by atoms with van der Waals surface area (Å²) in [6.45, 7) is 6.28. The van der Waals surface area contributed by atoms with E-state index in [4.69, 9.17) is 5.10 Å². The molecule has 1 saturated heterocycles. The summed E-state index contributed by atoms with van der Waals surface area (Å²) in [5, 5.41) is 4.77. The summed E-state index contributed by atoms with van der Waals surface area (Å²) in [4.78, 5) is 11.5. The van der Waals surface area contributed by atoms with Crippen LogP contribution in [-0.2, 0) is 7.05 Å². The number of anilines is 1. The highest BCUT2D eigenvalue weighted by molar-refractivity contribution is 5.65. The van der Waals surface area contributed by atoms with Crippen LogP contribution in [0.15, 0.2) is 30.7 Å². The van der Waals surface area contributed by atoms with E-state index in [1.807, 2.05) is 43.3 Å². The number of nitrogens with zero attached hydrogens (tertiary/aromatic N) is 6.